The van der Waals surface area contributed by atoms with Crippen LogP contribution in [0.5, 0.6) is 0 Å². The molecule has 0 unspecified atom stereocenters. The van der Waals surface area contributed by atoms with E-state index in [1.807, 2.05) is 13.9 Å². The SMILES string of the molecule is Bc1ncc(S)c(Nc2cc(C3CC3)n[nH]2)n1. The molecule has 0 aliphatic heterocycles. The van der Waals surface area contributed by atoms with E-state index in [0.29, 0.717) is 17.5 Å². The molecular weight excluding hydrogens is 233 g/mol. The smallest absolute Gasteiger partial charge is 0.189 e. The van der Waals surface area contributed by atoms with Crippen LogP contribution >= 0.6 is 12.6 Å². The van der Waals surface area contributed by atoms with Crippen LogP contribution in [0.15, 0.2) is 17.2 Å². The molecule has 2 aromatic rings. The third-order valence-electron chi connectivity index (χ3n) is 2.74. The first-order chi connectivity index (χ1) is 8.22. The molecule has 0 aromatic carbocycles. The molecule has 0 radical (unpaired) electrons. The fraction of sp³-hybridized carbons (Fsp3) is 0.300. The van der Waals surface area contributed by atoms with Crippen molar-refractivity contribution in [3.63, 3.8) is 0 Å². The van der Waals surface area contributed by atoms with Crippen molar-refractivity contribution in [2.45, 2.75) is 23.7 Å². The number of hydrogen-bond acceptors (Lipinski definition) is 5. The normalized spacial score (nSPS) is 14.9. The van der Waals surface area contributed by atoms with Crippen molar-refractivity contribution < 1.29 is 0 Å². The van der Waals surface area contributed by atoms with E-state index in [1.165, 1.54) is 12.8 Å². The average Bonchev–Trinajstić information content (AvgIpc) is 3.05. The molecule has 2 N–H and O–H groups in total. The summed E-state index contributed by atoms with van der Waals surface area (Å²) >= 11 is 4.31. The summed E-state index contributed by atoms with van der Waals surface area (Å²) in [7, 11) is 1.85. The Labute approximate surface area is 105 Å². The maximum atomic E-state index is 4.31. The van der Waals surface area contributed by atoms with Gasteiger partial charge in [0.1, 0.15) is 11.6 Å². The molecule has 1 aliphatic rings. The van der Waals surface area contributed by atoms with Crippen molar-refractivity contribution in [1.29, 1.82) is 0 Å². The van der Waals surface area contributed by atoms with E-state index in [9.17, 15) is 0 Å². The lowest BCUT2D eigenvalue weighted by Crippen LogP contribution is -2.14. The van der Waals surface area contributed by atoms with Gasteiger partial charge in [-0.1, -0.05) is 0 Å². The van der Waals surface area contributed by atoms with Gasteiger partial charge in [-0.2, -0.15) is 5.10 Å². The fourth-order valence-corrected chi connectivity index (χ4v) is 1.84. The first-order valence-corrected chi connectivity index (χ1v) is 6.02. The van der Waals surface area contributed by atoms with Crippen LogP contribution in [0.25, 0.3) is 0 Å². The van der Waals surface area contributed by atoms with Gasteiger partial charge < -0.3 is 5.32 Å². The molecule has 1 aliphatic carbocycles. The number of anilines is 2. The van der Waals surface area contributed by atoms with Gasteiger partial charge in [-0.15, -0.1) is 12.6 Å². The van der Waals surface area contributed by atoms with Crippen LogP contribution < -0.4 is 11.0 Å². The Morgan fingerprint density at radius 1 is 1.47 bits per heavy atom. The zero-order valence-corrected chi connectivity index (χ0v) is 10.3. The van der Waals surface area contributed by atoms with Crippen molar-refractivity contribution in [2.24, 2.45) is 0 Å². The van der Waals surface area contributed by atoms with Crippen LogP contribution in [-0.2, 0) is 0 Å². The zero-order chi connectivity index (χ0) is 11.8. The molecule has 1 fully saturated rings. The summed E-state index contributed by atoms with van der Waals surface area (Å²) in [6, 6.07) is 2.03. The van der Waals surface area contributed by atoms with Crippen molar-refractivity contribution in [2.75, 3.05) is 5.32 Å². The number of rotatable bonds is 3. The number of aromatic nitrogens is 4. The summed E-state index contributed by atoms with van der Waals surface area (Å²) in [5.74, 6) is 2.19. The molecule has 86 valence electrons. The van der Waals surface area contributed by atoms with Crippen LogP contribution in [0, 0.1) is 0 Å². The van der Waals surface area contributed by atoms with E-state index in [2.05, 4.69) is 38.1 Å². The highest BCUT2D eigenvalue weighted by molar-refractivity contribution is 7.80. The Balaban J connectivity index is 1.82. The Morgan fingerprint density at radius 2 is 2.29 bits per heavy atom. The molecule has 5 nitrogen and oxygen atoms in total. The van der Waals surface area contributed by atoms with Crippen LogP contribution in [0.3, 0.4) is 0 Å². The standard InChI is InChI=1S/C10H12BN5S/c11-10-12-4-7(17)9(14-10)13-8-3-6(15-16-8)5-1-2-5/h3-5,17H,1-2,11H2,(H2,12,13,14,15,16). The highest BCUT2D eigenvalue weighted by Gasteiger charge is 2.26. The van der Waals surface area contributed by atoms with Crippen LogP contribution in [-0.4, -0.2) is 28.0 Å². The lowest BCUT2D eigenvalue weighted by Gasteiger charge is -2.05. The molecule has 2 heterocycles. The Hall–Kier alpha value is -1.50. The number of hydrogen-bond donors (Lipinski definition) is 3. The quantitative estimate of drug-likeness (QED) is 0.540. The van der Waals surface area contributed by atoms with Gasteiger partial charge in [0.15, 0.2) is 7.85 Å². The second-order valence-corrected chi connectivity index (χ2v) is 4.74. The summed E-state index contributed by atoms with van der Waals surface area (Å²) < 4.78 is 0. The van der Waals surface area contributed by atoms with Crippen molar-refractivity contribution in [3.05, 3.63) is 18.0 Å². The predicted octanol–water partition coefficient (Wildman–Crippen LogP) is 0.368. The third kappa shape index (κ3) is 2.29. The minimum Gasteiger partial charge on any atom is -0.324 e. The zero-order valence-electron chi connectivity index (χ0n) is 9.44. The summed E-state index contributed by atoms with van der Waals surface area (Å²) in [6.07, 6.45) is 4.18. The summed E-state index contributed by atoms with van der Waals surface area (Å²) in [5, 5.41) is 10.4. The molecule has 0 amide bonds. The monoisotopic (exact) mass is 245 g/mol. The van der Waals surface area contributed by atoms with E-state index in [1.54, 1.807) is 6.20 Å². The molecule has 0 saturated heterocycles. The number of thiol groups is 1. The second kappa shape index (κ2) is 4.07. The van der Waals surface area contributed by atoms with Gasteiger partial charge in [0, 0.05) is 18.2 Å². The molecule has 1 saturated carbocycles. The first-order valence-electron chi connectivity index (χ1n) is 5.57. The number of nitrogens with zero attached hydrogens (tertiary/aromatic N) is 3. The molecule has 17 heavy (non-hydrogen) atoms. The number of nitrogens with one attached hydrogen (secondary N) is 2. The van der Waals surface area contributed by atoms with Gasteiger partial charge in [-0.05, 0) is 12.8 Å². The lowest BCUT2D eigenvalue weighted by molar-refractivity contribution is 0.966. The van der Waals surface area contributed by atoms with Gasteiger partial charge in [0.2, 0.25) is 0 Å². The average molecular weight is 245 g/mol. The van der Waals surface area contributed by atoms with Gasteiger partial charge in [0.25, 0.3) is 0 Å². The van der Waals surface area contributed by atoms with Crippen LogP contribution in [0.2, 0.25) is 0 Å². The van der Waals surface area contributed by atoms with Gasteiger partial charge in [-0.25, -0.2) is 4.98 Å². The number of aromatic amines is 1. The summed E-state index contributed by atoms with van der Waals surface area (Å²) in [6.45, 7) is 0. The molecule has 0 bridgehead atoms. The largest absolute Gasteiger partial charge is 0.324 e. The van der Waals surface area contributed by atoms with E-state index in [-0.39, 0.29) is 0 Å². The lowest BCUT2D eigenvalue weighted by atomic mass is 10.1. The Kier molecular flexibility index (Phi) is 2.55. The molecule has 0 atom stereocenters. The van der Waals surface area contributed by atoms with Crippen molar-refractivity contribution in [3.8, 4) is 0 Å². The Bertz CT molecular complexity index is 551. The molecule has 7 heteroatoms. The van der Waals surface area contributed by atoms with E-state index in [0.717, 1.165) is 16.4 Å². The van der Waals surface area contributed by atoms with Crippen molar-refractivity contribution >= 4 is 37.8 Å². The van der Waals surface area contributed by atoms with Crippen molar-refractivity contribution in [1.82, 2.24) is 20.2 Å². The van der Waals surface area contributed by atoms with Gasteiger partial charge in [-0.3, -0.25) is 10.1 Å². The first kappa shape index (κ1) is 10.6. The fourth-order valence-electron chi connectivity index (χ4n) is 1.67. The van der Waals surface area contributed by atoms with Crippen LogP contribution in [0.4, 0.5) is 11.6 Å². The summed E-state index contributed by atoms with van der Waals surface area (Å²) in [4.78, 5) is 9.08. The summed E-state index contributed by atoms with van der Waals surface area (Å²) in [5.41, 5.74) is 1.84. The third-order valence-corrected chi connectivity index (χ3v) is 3.06. The second-order valence-electron chi connectivity index (χ2n) is 4.26. The van der Waals surface area contributed by atoms with E-state index < -0.39 is 0 Å². The highest BCUT2D eigenvalue weighted by Crippen LogP contribution is 2.39. The predicted molar refractivity (Wildman–Crippen MR) is 71.3 cm³/mol. The van der Waals surface area contributed by atoms with E-state index in [4.69, 9.17) is 0 Å². The molecule has 0 spiro atoms. The molecule has 3 rings (SSSR count). The van der Waals surface area contributed by atoms with Gasteiger partial charge in [0.05, 0.1) is 16.3 Å². The molecular formula is C10H12BN5S. The van der Waals surface area contributed by atoms with Gasteiger partial charge >= 0.3 is 0 Å². The maximum absolute atomic E-state index is 4.31. The van der Waals surface area contributed by atoms with E-state index >= 15 is 0 Å². The Morgan fingerprint density at radius 3 is 3.06 bits per heavy atom. The topological polar surface area (TPSA) is 66.5 Å². The van der Waals surface area contributed by atoms with Crippen LogP contribution in [0.1, 0.15) is 24.5 Å². The minimum atomic E-state index is 0.643. The maximum Gasteiger partial charge on any atom is 0.189 e. The minimum absolute atomic E-state index is 0.643. The highest BCUT2D eigenvalue weighted by atomic mass is 32.1. The number of H-pyrrole nitrogens is 1. The molecule has 2 aromatic heterocycles.